The van der Waals surface area contributed by atoms with Crippen LogP contribution in [0.1, 0.15) is 51.7 Å². The second-order valence-corrected chi connectivity index (χ2v) is 15.1. The summed E-state index contributed by atoms with van der Waals surface area (Å²) in [6, 6.07) is 18.3. The van der Waals surface area contributed by atoms with E-state index in [0.29, 0.717) is 20.5 Å². The lowest BCUT2D eigenvalue weighted by Gasteiger charge is -2.32. The van der Waals surface area contributed by atoms with Crippen LogP contribution in [0.5, 0.6) is 0 Å². The second kappa shape index (κ2) is 12.0. The standard InChI is InChI=1S/C40H34N2O8S/c1-39(2)23-9-5-7-11-25(23)41(17-15-31(43)44)29(39)19-21-35(47)33(36(21)48)27-13-14-28(51-27)34-37(49)22(38(34)50)20-30-40(3,4)24-10-6-8-12-26(24)42(30)18-16-32(45)46/h5-14,19-20H,15-18H2,1-4H3,(H2-,43,44,45,46,47,48)/b22-20?,29-19+,34-28?. The van der Waals surface area contributed by atoms with Gasteiger partial charge in [0.1, 0.15) is 6.42 Å². The molecule has 0 radical (unpaired) electrons. The molecule has 0 spiro atoms. The van der Waals surface area contributed by atoms with Crippen LogP contribution in [0.2, 0.25) is 0 Å². The first-order chi connectivity index (χ1) is 24.1. The highest BCUT2D eigenvalue weighted by Gasteiger charge is 2.45. The monoisotopic (exact) mass is 702 g/mol. The molecule has 51 heavy (non-hydrogen) atoms. The number of carboxylic acids is 2. The number of nitrogens with zero attached hydrogens (tertiary/aromatic N) is 2. The van der Waals surface area contributed by atoms with Crippen molar-refractivity contribution in [2.75, 3.05) is 18.0 Å². The van der Waals surface area contributed by atoms with E-state index in [1.807, 2.05) is 85.7 Å². The number of rotatable bonds is 8. The molecule has 1 aliphatic carbocycles. The number of Topliss-reactive ketones (excluding diaryl/α,β-unsaturated/α-hetero) is 1. The third-order valence-corrected chi connectivity index (χ3v) is 11.4. The van der Waals surface area contributed by atoms with E-state index in [2.05, 4.69) is 0 Å². The molecule has 2 N–H and O–H groups in total. The maximum absolute atomic E-state index is 13.5. The molecular weight excluding hydrogens is 669 g/mol. The Morgan fingerprint density at radius 2 is 1.45 bits per heavy atom. The SMILES string of the molecule is CC1(C)C(C=c2c(=O)c(=c3cc/c(=C4/C(=O)C(/C=C5/N(CCC(=O)O)c6ccccc6C5(C)C)=C4[O-])s3)c2=O)=[N+](CCC(=O)O)c2ccccc21. The molecule has 0 fully saturated rings. The molecule has 0 unspecified atom stereocenters. The summed E-state index contributed by atoms with van der Waals surface area (Å²) < 4.78 is 2.56. The molecule has 3 aromatic carbocycles. The maximum atomic E-state index is 13.5. The number of thiophene rings is 1. The van der Waals surface area contributed by atoms with Crippen molar-refractivity contribution in [3.8, 4) is 0 Å². The van der Waals surface area contributed by atoms with E-state index in [1.54, 1.807) is 24.3 Å². The Balaban J connectivity index is 1.30. The predicted octanol–water partition coefficient (Wildman–Crippen LogP) is 2.47. The van der Waals surface area contributed by atoms with Gasteiger partial charge >= 0.3 is 11.9 Å². The number of benzene rings is 2. The van der Waals surface area contributed by atoms with Crippen LogP contribution in [-0.2, 0) is 25.2 Å². The summed E-state index contributed by atoms with van der Waals surface area (Å²) in [6.45, 7) is 8.20. The van der Waals surface area contributed by atoms with E-state index < -0.39 is 45.2 Å². The lowest BCUT2D eigenvalue weighted by Crippen LogP contribution is -2.51. The molecule has 7 rings (SSSR count). The Hall–Kier alpha value is -5.68. The van der Waals surface area contributed by atoms with Crippen molar-refractivity contribution in [1.29, 1.82) is 0 Å². The summed E-state index contributed by atoms with van der Waals surface area (Å²) in [5.74, 6) is -2.83. The van der Waals surface area contributed by atoms with Gasteiger partial charge in [0.2, 0.25) is 16.5 Å². The lowest BCUT2D eigenvalue weighted by molar-refractivity contribution is -0.436. The fourth-order valence-electron chi connectivity index (χ4n) is 7.51. The lowest BCUT2D eigenvalue weighted by atomic mass is 9.80. The first-order valence-electron chi connectivity index (χ1n) is 16.5. The van der Waals surface area contributed by atoms with Crippen molar-refractivity contribution >= 4 is 57.8 Å². The van der Waals surface area contributed by atoms with E-state index in [0.717, 1.165) is 33.8 Å². The van der Waals surface area contributed by atoms with E-state index >= 15 is 0 Å². The van der Waals surface area contributed by atoms with Gasteiger partial charge in [0, 0.05) is 61.3 Å². The number of ketones is 1. The zero-order valence-corrected chi connectivity index (χ0v) is 29.2. The fraction of sp³-hybridized carbons (Fsp3) is 0.250. The number of hydrogen-bond acceptors (Lipinski definition) is 8. The van der Waals surface area contributed by atoms with Crippen molar-refractivity contribution in [2.24, 2.45) is 0 Å². The number of aliphatic carboxylic acids is 2. The third kappa shape index (κ3) is 5.22. The van der Waals surface area contributed by atoms with Crippen molar-refractivity contribution in [1.82, 2.24) is 0 Å². The van der Waals surface area contributed by atoms with Crippen LogP contribution in [0.4, 0.5) is 11.4 Å². The minimum atomic E-state index is -0.961. The Bertz CT molecular complexity index is 2600. The Morgan fingerprint density at radius 1 is 0.824 bits per heavy atom. The van der Waals surface area contributed by atoms with Crippen LogP contribution < -0.4 is 30.6 Å². The van der Waals surface area contributed by atoms with E-state index in [-0.39, 0.29) is 47.5 Å². The molecule has 0 atom stereocenters. The van der Waals surface area contributed by atoms with Crippen LogP contribution in [0.25, 0.3) is 11.6 Å². The number of carboxylic acid groups (broad SMARTS) is 2. The highest BCUT2D eigenvalue weighted by molar-refractivity contribution is 7.08. The zero-order valence-electron chi connectivity index (χ0n) is 28.4. The van der Waals surface area contributed by atoms with E-state index in [4.69, 9.17) is 0 Å². The first kappa shape index (κ1) is 33.8. The van der Waals surface area contributed by atoms with Crippen LogP contribution in [0.3, 0.4) is 0 Å². The molecule has 258 valence electrons. The quantitative estimate of drug-likeness (QED) is 0.264. The number of carbonyl (C=O) groups is 3. The van der Waals surface area contributed by atoms with Gasteiger partial charge in [-0.2, -0.15) is 4.58 Å². The molecule has 3 aliphatic rings. The van der Waals surface area contributed by atoms with Gasteiger partial charge in [-0.25, -0.2) is 0 Å². The van der Waals surface area contributed by atoms with Crippen molar-refractivity contribution in [2.45, 2.75) is 51.4 Å². The first-order valence-corrected chi connectivity index (χ1v) is 17.4. The van der Waals surface area contributed by atoms with Crippen molar-refractivity contribution in [3.63, 3.8) is 0 Å². The number of fused-ring (bicyclic) bond motifs is 2. The molecule has 10 nitrogen and oxygen atoms in total. The van der Waals surface area contributed by atoms with Crippen LogP contribution in [0.15, 0.2) is 93.4 Å². The topological polar surface area (TPSA) is 155 Å². The maximum Gasteiger partial charge on any atom is 0.309 e. The summed E-state index contributed by atoms with van der Waals surface area (Å²) in [7, 11) is 0. The van der Waals surface area contributed by atoms with Crippen LogP contribution in [0, 0.1) is 9.75 Å². The number of carbonyl (C=O) groups excluding carboxylic acids is 1. The predicted molar refractivity (Wildman–Crippen MR) is 191 cm³/mol. The number of allylic oxidation sites excluding steroid dienone is 4. The summed E-state index contributed by atoms with van der Waals surface area (Å²) >= 11 is 1.03. The van der Waals surface area contributed by atoms with Crippen LogP contribution in [-0.4, -0.2) is 51.3 Å². The smallest absolute Gasteiger partial charge is 0.309 e. The molecule has 3 heterocycles. The van der Waals surface area contributed by atoms with E-state index in [9.17, 15) is 39.3 Å². The van der Waals surface area contributed by atoms with Gasteiger partial charge in [0.05, 0.1) is 22.3 Å². The second-order valence-electron chi connectivity index (χ2n) is 14.0. The number of anilines is 1. The Morgan fingerprint density at radius 3 is 2.12 bits per heavy atom. The van der Waals surface area contributed by atoms with E-state index in [1.165, 1.54) is 0 Å². The number of para-hydroxylation sites is 2. The molecule has 1 aromatic heterocycles. The average molecular weight is 703 g/mol. The highest BCUT2D eigenvalue weighted by atomic mass is 32.1. The molecule has 4 aromatic rings. The molecule has 11 heteroatoms. The zero-order chi connectivity index (χ0) is 36.6. The largest absolute Gasteiger partial charge is 0.871 e. The van der Waals surface area contributed by atoms with Crippen LogP contribution >= 0.6 is 11.3 Å². The molecule has 0 saturated carbocycles. The average Bonchev–Trinajstić information content (AvgIpc) is 3.69. The van der Waals surface area contributed by atoms with Gasteiger partial charge in [-0.15, -0.1) is 11.3 Å². The van der Waals surface area contributed by atoms with Gasteiger partial charge in [0.25, 0.3) is 0 Å². The highest BCUT2D eigenvalue weighted by Crippen LogP contribution is 2.49. The summed E-state index contributed by atoms with van der Waals surface area (Å²) in [5, 5.41) is 32.2. The summed E-state index contributed by atoms with van der Waals surface area (Å²) in [6.07, 6.45) is 2.87. The molecule has 0 saturated heterocycles. The van der Waals surface area contributed by atoms with Gasteiger partial charge in [0.15, 0.2) is 18.0 Å². The van der Waals surface area contributed by atoms with Gasteiger partial charge in [-0.3, -0.25) is 24.0 Å². The normalized spacial score (nSPS) is 19.1. The fourth-order valence-corrected chi connectivity index (χ4v) is 8.60. The summed E-state index contributed by atoms with van der Waals surface area (Å²) in [4.78, 5) is 65.2. The van der Waals surface area contributed by atoms with Gasteiger partial charge in [-0.05, 0) is 43.7 Å². The minimum absolute atomic E-state index is 0.00511. The molecule has 2 aliphatic heterocycles. The Kier molecular flexibility index (Phi) is 7.94. The Labute approximate surface area is 295 Å². The van der Waals surface area contributed by atoms with Crippen molar-refractivity contribution in [3.05, 3.63) is 135 Å². The third-order valence-electron chi connectivity index (χ3n) is 10.2. The summed E-state index contributed by atoms with van der Waals surface area (Å²) in [5.41, 5.74) is 2.76. The number of hydrogen-bond donors (Lipinski definition) is 2. The van der Waals surface area contributed by atoms with Crippen molar-refractivity contribution < 1.29 is 34.3 Å². The van der Waals surface area contributed by atoms with Gasteiger partial charge in [-0.1, -0.05) is 56.0 Å². The molecule has 0 bridgehead atoms. The minimum Gasteiger partial charge on any atom is -0.871 e. The van der Waals surface area contributed by atoms with Gasteiger partial charge < -0.3 is 20.2 Å². The molecule has 0 amide bonds. The molecular formula is C40H34N2O8S.